The lowest BCUT2D eigenvalue weighted by Crippen LogP contribution is -2.30. The average molecular weight is 485 g/mol. The molecule has 0 radical (unpaired) electrons. The smallest absolute Gasteiger partial charge is 0.306 e. The summed E-state index contributed by atoms with van der Waals surface area (Å²) in [6, 6.07) is 42.9. The minimum absolute atomic E-state index is 0.108. The lowest BCUT2D eigenvalue weighted by Gasteiger charge is -2.32. The third-order valence-electron chi connectivity index (χ3n) is 5.67. The minimum Gasteiger partial charge on any atom is -0.466 e. The summed E-state index contributed by atoms with van der Waals surface area (Å²) < 4.78 is 5.47. The molecule has 1 atom stereocenters. The highest BCUT2D eigenvalue weighted by atomic mass is 31.1. The highest BCUT2D eigenvalue weighted by Gasteiger charge is 2.31. The van der Waals surface area contributed by atoms with Crippen molar-refractivity contribution < 1.29 is 9.53 Å². The van der Waals surface area contributed by atoms with Crippen molar-refractivity contribution in [3.8, 4) is 0 Å². The van der Waals surface area contributed by atoms with Gasteiger partial charge in [0, 0.05) is 5.66 Å². The maximum atomic E-state index is 12.9. The normalized spacial score (nSPS) is 12.0. The maximum absolute atomic E-state index is 12.9. The topological polar surface area (TPSA) is 26.3 Å². The van der Waals surface area contributed by atoms with Gasteiger partial charge in [-0.2, -0.15) is 0 Å². The Morgan fingerprint density at radius 1 is 0.647 bits per heavy atom. The average Bonchev–Trinajstić information content (AvgIpc) is 2.90. The summed E-state index contributed by atoms with van der Waals surface area (Å²) in [6.07, 6.45) is 1.35. The number of esters is 1. The number of carbonyl (C=O) groups is 1. The summed E-state index contributed by atoms with van der Waals surface area (Å²) in [6.45, 7) is 2.29. The molecule has 0 unspecified atom stereocenters. The van der Waals surface area contributed by atoms with Gasteiger partial charge in [-0.15, -0.1) is 0 Å². The Kier molecular flexibility index (Phi) is 9.03. The molecule has 0 amide bonds. The molecule has 0 aliphatic rings. The Labute approximate surface area is 205 Å². The fraction of sp³-hybridized carbons (Fsp3) is 0.167. The molecule has 2 nitrogen and oxygen atoms in total. The maximum Gasteiger partial charge on any atom is 0.306 e. The zero-order valence-electron chi connectivity index (χ0n) is 19.5. The summed E-state index contributed by atoms with van der Waals surface area (Å²) >= 11 is 0. The van der Waals surface area contributed by atoms with E-state index in [0.717, 1.165) is 6.16 Å². The fourth-order valence-electron chi connectivity index (χ4n) is 4.18. The number of ether oxygens (including phenoxy) is 1. The summed E-state index contributed by atoms with van der Waals surface area (Å²) in [4.78, 5) is 12.9. The van der Waals surface area contributed by atoms with Crippen LogP contribution in [0.25, 0.3) is 0 Å². The van der Waals surface area contributed by atoms with Crippen LogP contribution in [0.1, 0.15) is 13.3 Å². The van der Waals surface area contributed by atoms with E-state index >= 15 is 0 Å². The van der Waals surface area contributed by atoms with Gasteiger partial charge < -0.3 is 4.74 Å². The number of carbonyl (C=O) groups excluding carboxylic acids is 1. The van der Waals surface area contributed by atoms with Crippen LogP contribution in [0.2, 0.25) is 0 Å². The second-order valence-electron chi connectivity index (χ2n) is 7.99. The van der Waals surface area contributed by atoms with Gasteiger partial charge in [0.2, 0.25) is 0 Å². The molecule has 0 saturated heterocycles. The van der Waals surface area contributed by atoms with E-state index in [2.05, 4.69) is 121 Å². The molecule has 0 saturated carbocycles. The highest BCUT2D eigenvalue weighted by molar-refractivity contribution is 7.77. The van der Waals surface area contributed by atoms with Crippen molar-refractivity contribution in [2.45, 2.75) is 19.0 Å². The predicted octanol–water partition coefficient (Wildman–Crippen LogP) is 5.57. The van der Waals surface area contributed by atoms with Gasteiger partial charge in [-0.25, -0.2) is 0 Å². The van der Waals surface area contributed by atoms with E-state index in [0.29, 0.717) is 13.0 Å². The Morgan fingerprint density at radius 2 is 1.03 bits per heavy atom. The van der Waals surface area contributed by atoms with Crippen LogP contribution in [0.15, 0.2) is 121 Å². The molecule has 0 aromatic heterocycles. The van der Waals surface area contributed by atoms with Crippen molar-refractivity contribution in [3.63, 3.8) is 0 Å². The SMILES string of the molecule is CCOC(=O)C[C@H](CP(c1ccccc1)c1ccccc1)P(c1ccccc1)c1ccccc1. The van der Waals surface area contributed by atoms with Crippen molar-refractivity contribution in [3.05, 3.63) is 121 Å². The van der Waals surface area contributed by atoms with Gasteiger partial charge in [0.05, 0.1) is 13.0 Å². The fourth-order valence-corrected chi connectivity index (χ4v) is 10.1. The van der Waals surface area contributed by atoms with Gasteiger partial charge in [-0.05, 0) is 50.1 Å². The van der Waals surface area contributed by atoms with Crippen LogP contribution in [0, 0.1) is 0 Å². The third-order valence-corrected chi connectivity index (χ3v) is 11.4. The zero-order chi connectivity index (χ0) is 23.6. The summed E-state index contributed by atoms with van der Waals surface area (Å²) in [5.74, 6) is -0.108. The summed E-state index contributed by atoms with van der Waals surface area (Å²) in [7, 11) is -1.39. The third kappa shape index (κ3) is 6.41. The number of hydrogen-bond acceptors (Lipinski definition) is 2. The van der Waals surface area contributed by atoms with Gasteiger partial charge in [0.25, 0.3) is 0 Å². The van der Waals surface area contributed by atoms with E-state index in [1.165, 1.54) is 21.2 Å². The van der Waals surface area contributed by atoms with Crippen molar-refractivity contribution in [1.82, 2.24) is 0 Å². The van der Waals surface area contributed by atoms with Crippen LogP contribution < -0.4 is 21.2 Å². The monoisotopic (exact) mass is 484 g/mol. The van der Waals surface area contributed by atoms with Crippen molar-refractivity contribution in [2.24, 2.45) is 0 Å². The van der Waals surface area contributed by atoms with E-state index in [1.807, 2.05) is 6.92 Å². The van der Waals surface area contributed by atoms with E-state index in [4.69, 9.17) is 4.74 Å². The molecule has 4 rings (SSSR count). The van der Waals surface area contributed by atoms with Gasteiger partial charge in [-0.1, -0.05) is 121 Å². The number of hydrogen-bond donors (Lipinski definition) is 0. The number of rotatable bonds is 10. The van der Waals surface area contributed by atoms with Gasteiger partial charge in [0.1, 0.15) is 0 Å². The van der Waals surface area contributed by atoms with Crippen LogP contribution in [-0.4, -0.2) is 24.4 Å². The molecule has 34 heavy (non-hydrogen) atoms. The van der Waals surface area contributed by atoms with E-state index in [1.54, 1.807) is 0 Å². The first-order chi connectivity index (χ1) is 16.8. The Morgan fingerprint density at radius 3 is 1.41 bits per heavy atom. The molecule has 0 aliphatic heterocycles. The molecule has 0 aliphatic carbocycles. The van der Waals surface area contributed by atoms with Crippen molar-refractivity contribution >= 4 is 43.0 Å². The first kappa shape index (κ1) is 24.3. The lowest BCUT2D eigenvalue weighted by molar-refractivity contribution is -0.142. The molecule has 172 valence electrons. The van der Waals surface area contributed by atoms with Gasteiger partial charge >= 0.3 is 5.97 Å². The lowest BCUT2D eigenvalue weighted by atomic mass is 10.3. The standard InChI is InChI=1S/C30H30O2P2/c1-2-32-30(31)23-29(34(27-19-11-5-12-20-27)28-21-13-6-14-22-28)24-33(25-15-7-3-8-16-25)26-17-9-4-10-18-26/h3-22,29H,2,23-24H2,1H3/t29-/m1/s1. The van der Waals surface area contributed by atoms with E-state index in [9.17, 15) is 4.79 Å². The van der Waals surface area contributed by atoms with Crippen molar-refractivity contribution in [1.29, 1.82) is 0 Å². The highest BCUT2D eigenvalue weighted by Crippen LogP contribution is 2.48. The van der Waals surface area contributed by atoms with Crippen LogP contribution in [0.4, 0.5) is 0 Å². The second-order valence-corrected chi connectivity index (χ2v) is 12.7. The molecule has 0 bridgehead atoms. The van der Waals surface area contributed by atoms with Crippen LogP contribution >= 0.6 is 15.8 Å². The Balaban J connectivity index is 1.79. The molecular formula is C30H30O2P2. The minimum atomic E-state index is -0.755. The number of benzene rings is 4. The van der Waals surface area contributed by atoms with Crippen LogP contribution in [0.5, 0.6) is 0 Å². The quantitative estimate of drug-likeness (QED) is 0.217. The van der Waals surface area contributed by atoms with E-state index in [-0.39, 0.29) is 11.6 Å². The van der Waals surface area contributed by atoms with Gasteiger partial charge in [-0.3, -0.25) is 4.79 Å². The molecule has 0 N–H and O–H groups in total. The molecule has 4 heteroatoms. The van der Waals surface area contributed by atoms with Crippen molar-refractivity contribution in [2.75, 3.05) is 12.8 Å². The van der Waals surface area contributed by atoms with Crippen LogP contribution in [0.3, 0.4) is 0 Å². The molecule has 4 aromatic rings. The first-order valence-electron chi connectivity index (χ1n) is 11.7. The molecule has 0 fully saturated rings. The first-order valence-corrected chi connectivity index (χ1v) is 14.6. The Hall–Kier alpha value is -2.79. The second kappa shape index (κ2) is 12.6. The Bertz CT molecular complexity index is 1060. The largest absolute Gasteiger partial charge is 0.466 e. The molecule has 0 heterocycles. The predicted molar refractivity (Wildman–Crippen MR) is 148 cm³/mol. The summed E-state index contributed by atoms with van der Waals surface area (Å²) in [5.41, 5.74) is 0.158. The molecule has 0 spiro atoms. The summed E-state index contributed by atoms with van der Waals surface area (Å²) in [5, 5.41) is 5.28. The molecule has 4 aromatic carbocycles. The zero-order valence-corrected chi connectivity index (χ0v) is 21.2. The molecular weight excluding hydrogens is 454 g/mol. The van der Waals surface area contributed by atoms with E-state index < -0.39 is 15.8 Å². The van der Waals surface area contributed by atoms with Gasteiger partial charge in [0.15, 0.2) is 0 Å². The van der Waals surface area contributed by atoms with Crippen LogP contribution in [-0.2, 0) is 9.53 Å².